The first kappa shape index (κ1) is 12.1. The first-order valence-electron chi connectivity index (χ1n) is 6.15. The Morgan fingerprint density at radius 1 is 1.20 bits per heavy atom. The van der Waals surface area contributed by atoms with Crippen molar-refractivity contribution in [1.82, 2.24) is 15.0 Å². The van der Waals surface area contributed by atoms with Crippen LogP contribution < -0.4 is 5.73 Å². The fourth-order valence-electron chi connectivity index (χ4n) is 2.11. The molecule has 0 unspecified atom stereocenters. The van der Waals surface area contributed by atoms with E-state index in [0.717, 1.165) is 22.2 Å². The van der Waals surface area contributed by atoms with Crippen molar-refractivity contribution in [3.05, 3.63) is 47.8 Å². The van der Waals surface area contributed by atoms with Gasteiger partial charge in [-0.1, -0.05) is 18.1 Å². The SMILES string of the molecule is C#Cc1cccc(-c2nc(C)c3ccnc(N)c3n2)c1. The van der Waals surface area contributed by atoms with Crippen LogP contribution in [0, 0.1) is 19.3 Å². The lowest BCUT2D eigenvalue weighted by Gasteiger charge is -2.07. The van der Waals surface area contributed by atoms with E-state index in [1.54, 1.807) is 6.20 Å². The normalized spacial score (nSPS) is 10.4. The van der Waals surface area contributed by atoms with Crippen molar-refractivity contribution < 1.29 is 0 Å². The number of terminal acetylenes is 1. The van der Waals surface area contributed by atoms with E-state index < -0.39 is 0 Å². The molecule has 0 aliphatic heterocycles. The van der Waals surface area contributed by atoms with Crippen LogP contribution in [0.15, 0.2) is 36.5 Å². The second-order valence-corrected chi connectivity index (χ2v) is 4.45. The highest BCUT2D eigenvalue weighted by Gasteiger charge is 2.09. The maximum atomic E-state index is 5.89. The summed E-state index contributed by atoms with van der Waals surface area (Å²) in [5.41, 5.74) is 9.09. The van der Waals surface area contributed by atoms with Gasteiger partial charge in [-0.25, -0.2) is 15.0 Å². The fourth-order valence-corrected chi connectivity index (χ4v) is 2.11. The van der Waals surface area contributed by atoms with Crippen LogP contribution in [-0.4, -0.2) is 15.0 Å². The van der Waals surface area contributed by atoms with Crippen LogP contribution in [0.2, 0.25) is 0 Å². The van der Waals surface area contributed by atoms with E-state index in [1.165, 1.54) is 0 Å². The Hall–Kier alpha value is -2.93. The zero-order valence-electron chi connectivity index (χ0n) is 11.0. The summed E-state index contributed by atoms with van der Waals surface area (Å²) in [6, 6.07) is 9.43. The molecule has 0 amide bonds. The summed E-state index contributed by atoms with van der Waals surface area (Å²) in [7, 11) is 0. The van der Waals surface area contributed by atoms with Crippen molar-refractivity contribution in [3.8, 4) is 23.7 Å². The van der Waals surface area contributed by atoms with Crippen LogP contribution >= 0.6 is 0 Å². The zero-order valence-corrected chi connectivity index (χ0v) is 11.0. The highest BCUT2D eigenvalue weighted by atomic mass is 14.9. The maximum Gasteiger partial charge on any atom is 0.160 e. The summed E-state index contributed by atoms with van der Waals surface area (Å²) in [4.78, 5) is 13.1. The number of aryl methyl sites for hydroxylation is 1. The Balaban J connectivity index is 2.27. The third-order valence-corrected chi connectivity index (χ3v) is 3.12. The minimum absolute atomic E-state index is 0.405. The minimum Gasteiger partial charge on any atom is -0.382 e. The van der Waals surface area contributed by atoms with Gasteiger partial charge in [0, 0.05) is 28.4 Å². The van der Waals surface area contributed by atoms with Gasteiger partial charge in [0.05, 0.1) is 0 Å². The predicted octanol–water partition coefficient (Wildman–Crippen LogP) is 2.56. The summed E-state index contributed by atoms with van der Waals surface area (Å²) >= 11 is 0. The monoisotopic (exact) mass is 260 g/mol. The average molecular weight is 260 g/mol. The molecule has 0 aliphatic rings. The quantitative estimate of drug-likeness (QED) is 0.683. The number of aromatic nitrogens is 3. The average Bonchev–Trinajstić information content (AvgIpc) is 2.48. The molecule has 4 heteroatoms. The van der Waals surface area contributed by atoms with E-state index >= 15 is 0 Å². The molecule has 2 aromatic heterocycles. The van der Waals surface area contributed by atoms with Crippen molar-refractivity contribution in [2.24, 2.45) is 0 Å². The molecule has 2 N–H and O–H groups in total. The topological polar surface area (TPSA) is 64.7 Å². The van der Waals surface area contributed by atoms with Gasteiger partial charge in [0.1, 0.15) is 11.3 Å². The van der Waals surface area contributed by atoms with Gasteiger partial charge in [0.2, 0.25) is 0 Å². The minimum atomic E-state index is 0.405. The Labute approximate surface area is 116 Å². The fraction of sp³-hybridized carbons (Fsp3) is 0.0625. The first-order valence-corrected chi connectivity index (χ1v) is 6.15. The lowest BCUT2D eigenvalue weighted by Crippen LogP contribution is -1.99. The van der Waals surface area contributed by atoms with Gasteiger partial charge >= 0.3 is 0 Å². The standard InChI is InChI=1S/C16H12N4/c1-3-11-5-4-6-12(9-11)16-19-10(2)13-7-8-18-15(17)14(13)20-16/h1,4-9H,2H3,(H2,17,18). The van der Waals surface area contributed by atoms with Crippen LogP contribution in [0.25, 0.3) is 22.3 Å². The number of fused-ring (bicyclic) bond motifs is 1. The third kappa shape index (κ3) is 1.95. The van der Waals surface area contributed by atoms with Gasteiger partial charge in [-0.15, -0.1) is 6.42 Å². The van der Waals surface area contributed by atoms with E-state index in [0.29, 0.717) is 17.2 Å². The van der Waals surface area contributed by atoms with Crippen LogP contribution in [0.4, 0.5) is 5.82 Å². The predicted molar refractivity (Wildman–Crippen MR) is 79.9 cm³/mol. The Kier molecular flexibility index (Phi) is 2.81. The maximum absolute atomic E-state index is 5.89. The smallest absolute Gasteiger partial charge is 0.160 e. The Morgan fingerprint density at radius 3 is 2.85 bits per heavy atom. The van der Waals surface area contributed by atoms with E-state index in [4.69, 9.17) is 12.2 Å². The number of nitrogens with zero attached hydrogens (tertiary/aromatic N) is 3. The largest absolute Gasteiger partial charge is 0.382 e. The molecule has 0 radical (unpaired) electrons. The first-order chi connectivity index (χ1) is 9.69. The molecule has 0 saturated heterocycles. The van der Waals surface area contributed by atoms with Gasteiger partial charge in [-0.2, -0.15) is 0 Å². The third-order valence-electron chi connectivity index (χ3n) is 3.12. The molecule has 4 nitrogen and oxygen atoms in total. The van der Waals surface area contributed by atoms with E-state index in [-0.39, 0.29) is 0 Å². The molecule has 0 aliphatic carbocycles. The number of nitrogens with two attached hydrogens (primary N) is 1. The van der Waals surface area contributed by atoms with Crippen molar-refractivity contribution in [3.63, 3.8) is 0 Å². The van der Waals surface area contributed by atoms with Gasteiger partial charge in [0.25, 0.3) is 0 Å². The Morgan fingerprint density at radius 2 is 2.05 bits per heavy atom. The highest BCUT2D eigenvalue weighted by Crippen LogP contribution is 2.24. The molecule has 3 rings (SSSR count). The summed E-state index contributed by atoms with van der Waals surface area (Å²) < 4.78 is 0. The number of rotatable bonds is 1. The molecule has 0 bridgehead atoms. The molecule has 96 valence electrons. The van der Waals surface area contributed by atoms with E-state index in [9.17, 15) is 0 Å². The number of pyridine rings is 1. The molecular weight excluding hydrogens is 248 g/mol. The molecular formula is C16H12N4. The zero-order chi connectivity index (χ0) is 14.1. The van der Waals surface area contributed by atoms with Crippen molar-refractivity contribution in [2.75, 3.05) is 5.73 Å². The molecule has 0 saturated carbocycles. The van der Waals surface area contributed by atoms with Gasteiger partial charge in [-0.05, 0) is 25.1 Å². The number of hydrogen-bond acceptors (Lipinski definition) is 4. The lowest BCUT2D eigenvalue weighted by atomic mass is 10.1. The van der Waals surface area contributed by atoms with Crippen molar-refractivity contribution in [1.29, 1.82) is 0 Å². The number of nitrogen functional groups attached to an aromatic ring is 1. The molecule has 0 fully saturated rings. The van der Waals surface area contributed by atoms with Gasteiger partial charge < -0.3 is 5.73 Å². The van der Waals surface area contributed by atoms with Crippen molar-refractivity contribution in [2.45, 2.75) is 6.92 Å². The number of hydrogen-bond donors (Lipinski definition) is 1. The second kappa shape index (κ2) is 4.63. The molecule has 1 aromatic carbocycles. The van der Waals surface area contributed by atoms with Crippen LogP contribution in [0.5, 0.6) is 0 Å². The molecule has 0 spiro atoms. The Bertz CT molecular complexity index is 847. The summed E-state index contributed by atoms with van der Waals surface area (Å²) in [5.74, 6) is 3.62. The van der Waals surface area contributed by atoms with E-state index in [1.807, 2.05) is 37.3 Å². The van der Waals surface area contributed by atoms with Crippen LogP contribution in [0.3, 0.4) is 0 Å². The van der Waals surface area contributed by atoms with Crippen LogP contribution in [0.1, 0.15) is 11.3 Å². The summed E-state index contributed by atoms with van der Waals surface area (Å²) in [6.45, 7) is 1.93. The molecule has 3 aromatic rings. The molecule has 0 atom stereocenters. The number of benzene rings is 1. The van der Waals surface area contributed by atoms with Gasteiger partial charge in [0.15, 0.2) is 5.82 Å². The van der Waals surface area contributed by atoms with Gasteiger partial charge in [-0.3, -0.25) is 0 Å². The lowest BCUT2D eigenvalue weighted by molar-refractivity contribution is 1.15. The summed E-state index contributed by atoms with van der Waals surface area (Å²) in [5, 5.41) is 0.911. The van der Waals surface area contributed by atoms with E-state index in [2.05, 4.69) is 20.9 Å². The second-order valence-electron chi connectivity index (χ2n) is 4.45. The highest BCUT2D eigenvalue weighted by molar-refractivity contribution is 5.89. The van der Waals surface area contributed by atoms with Crippen molar-refractivity contribution >= 4 is 16.7 Å². The molecule has 2 heterocycles. The number of anilines is 1. The summed E-state index contributed by atoms with van der Waals surface area (Å²) in [6.07, 6.45) is 7.08. The van der Waals surface area contributed by atoms with Crippen LogP contribution in [-0.2, 0) is 0 Å². The molecule has 20 heavy (non-hydrogen) atoms.